The lowest BCUT2D eigenvalue weighted by Crippen LogP contribution is -2.06. The molecule has 1 atom stereocenters. The van der Waals surface area contributed by atoms with Crippen molar-refractivity contribution in [2.45, 2.75) is 19.8 Å². The number of carbonyl (C=O) groups excluding carboxylic acids is 1. The van der Waals surface area contributed by atoms with Gasteiger partial charge in [0.15, 0.2) is 0 Å². The lowest BCUT2D eigenvalue weighted by Gasteiger charge is -2.10. The summed E-state index contributed by atoms with van der Waals surface area (Å²) in [4.78, 5) is 26.1. The van der Waals surface area contributed by atoms with Crippen LogP contribution in [-0.4, -0.2) is 15.7 Å². The second kappa shape index (κ2) is 4.52. The van der Waals surface area contributed by atoms with Gasteiger partial charge in [-0.3, -0.25) is 19.9 Å². The van der Waals surface area contributed by atoms with E-state index in [1.165, 1.54) is 13.0 Å². The number of hydrogen-bond donors (Lipinski definition) is 0. The second-order valence-electron chi connectivity index (χ2n) is 4.16. The molecule has 0 saturated heterocycles. The van der Waals surface area contributed by atoms with E-state index in [0.29, 0.717) is 10.9 Å². The molecule has 0 fully saturated rings. The van der Waals surface area contributed by atoms with Crippen LogP contribution in [0.2, 0.25) is 0 Å². The summed E-state index contributed by atoms with van der Waals surface area (Å²) >= 11 is 0. The summed E-state index contributed by atoms with van der Waals surface area (Å²) in [5.41, 5.74) is 1.26. The number of nitrogens with zero attached hydrogens (tertiary/aromatic N) is 2. The number of non-ortho nitro benzene ring substituents is 1. The first-order valence-corrected chi connectivity index (χ1v) is 5.55. The third-order valence-corrected chi connectivity index (χ3v) is 3.05. The number of fused-ring (bicyclic) bond motifs is 1. The monoisotopic (exact) mass is 244 g/mol. The normalized spacial score (nSPS) is 12.3. The summed E-state index contributed by atoms with van der Waals surface area (Å²) in [5.74, 6) is -0.306. The minimum atomic E-state index is -0.438. The predicted molar refractivity (Wildman–Crippen MR) is 67.5 cm³/mol. The molecule has 0 amide bonds. The molecule has 1 aromatic carbocycles. The molecule has 1 aromatic heterocycles. The van der Waals surface area contributed by atoms with Crippen LogP contribution in [-0.2, 0) is 4.79 Å². The number of Topliss-reactive ketones (excluding diaryl/α,β-unsaturated/α-hetero) is 1. The number of rotatable bonds is 3. The summed E-state index contributed by atoms with van der Waals surface area (Å²) in [6.07, 6.45) is 1.57. The van der Waals surface area contributed by atoms with E-state index in [1.54, 1.807) is 31.3 Å². The Morgan fingerprint density at radius 2 is 2.11 bits per heavy atom. The molecule has 2 rings (SSSR count). The van der Waals surface area contributed by atoms with E-state index in [9.17, 15) is 14.9 Å². The van der Waals surface area contributed by atoms with Crippen LogP contribution < -0.4 is 0 Å². The Bertz CT molecular complexity index is 637. The fraction of sp³-hybridized carbons (Fsp3) is 0.231. The summed E-state index contributed by atoms with van der Waals surface area (Å²) < 4.78 is 0. The Morgan fingerprint density at radius 1 is 1.39 bits per heavy atom. The molecule has 0 saturated carbocycles. The van der Waals surface area contributed by atoms with Crippen molar-refractivity contribution in [1.29, 1.82) is 0 Å². The first-order chi connectivity index (χ1) is 8.52. The highest BCUT2D eigenvalue weighted by atomic mass is 16.6. The molecule has 5 heteroatoms. The van der Waals surface area contributed by atoms with Crippen LogP contribution in [0.5, 0.6) is 0 Å². The van der Waals surface area contributed by atoms with Crippen LogP contribution >= 0.6 is 0 Å². The summed E-state index contributed by atoms with van der Waals surface area (Å²) in [7, 11) is 0. The molecular weight excluding hydrogens is 232 g/mol. The van der Waals surface area contributed by atoms with Crippen LogP contribution in [0.1, 0.15) is 25.3 Å². The molecule has 2 aromatic rings. The number of ketones is 1. The van der Waals surface area contributed by atoms with E-state index in [4.69, 9.17) is 0 Å². The van der Waals surface area contributed by atoms with E-state index in [-0.39, 0.29) is 17.4 Å². The second-order valence-corrected chi connectivity index (χ2v) is 4.16. The van der Waals surface area contributed by atoms with Crippen molar-refractivity contribution in [2.24, 2.45) is 0 Å². The zero-order valence-electron chi connectivity index (χ0n) is 10.1. The lowest BCUT2D eigenvalue weighted by molar-refractivity contribution is -0.383. The van der Waals surface area contributed by atoms with Crippen LogP contribution in [0.3, 0.4) is 0 Å². The minimum absolute atomic E-state index is 0.0100. The van der Waals surface area contributed by atoms with Gasteiger partial charge in [0.05, 0.1) is 15.8 Å². The van der Waals surface area contributed by atoms with Crippen molar-refractivity contribution in [3.63, 3.8) is 0 Å². The number of pyridine rings is 1. The van der Waals surface area contributed by atoms with Crippen molar-refractivity contribution in [1.82, 2.24) is 4.98 Å². The highest BCUT2D eigenvalue weighted by Crippen LogP contribution is 2.30. The highest BCUT2D eigenvalue weighted by Gasteiger charge is 2.19. The van der Waals surface area contributed by atoms with Gasteiger partial charge in [-0.2, -0.15) is 0 Å². The standard InChI is InChI=1S/C13H12N2O3/c1-8(9(2)16)10-5-6-12(15(17)18)11-4-3-7-14-13(10)11/h3-8H,1-2H3. The molecule has 0 aliphatic carbocycles. The quantitative estimate of drug-likeness (QED) is 0.614. The maximum atomic E-state index is 11.4. The maximum absolute atomic E-state index is 11.4. The van der Waals surface area contributed by atoms with Crippen LogP contribution in [0.25, 0.3) is 10.9 Å². The van der Waals surface area contributed by atoms with E-state index >= 15 is 0 Å². The average molecular weight is 244 g/mol. The Morgan fingerprint density at radius 3 is 2.72 bits per heavy atom. The Balaban J connectivity index is 2.76. The van der Waals surface area contributed by atoms with Crippen LogP contribution in [0, 0.1) is 10.1 Å². The SMILES string of the molecule is CC(=O)C(C)c1ccc([N+](=O)[O-])c2cccnc12. The van der Waals surface area contributed by atoms with Crippen molar-refractivity contribution in [3.05, 3.63) is 46.1 Å². The first kappa shape index (κ1) is 12.2. The van der Waals surface area contributed by atoms with Gasteiger partial charge in [0.2, 0.25) is 0 Å². The van der Waals surface area contributed by atoms with Gasteiger partial charge in [0.1, 0.15) is 5.78 Å². The van der Waals surface area contributed by atoms with Crippen molar-refractivity contribution in [3.8, 4) is 0 Å². The summed E-state index contributed by atoms with van der Waals surface area (Å²) in [6, 6.07) is 6.34. The fourth-order valence-corrected chi connectivity index (χ4v) is 1.91. The van der Waals surface area contributed by atoms with E-state index in [1.807, 2.05) is 0 Å². The summed E-state index contributed by atoms with van der Waals surface area (Å²) in [5, 5.41) is 11.4. The van der Waals surface area contributed by atoms with E-state index in [2.05, 4.69) is 4.98 Å². The molecule has 0 radical (unpaired) electrons. The molecule has 92 valence electrons. The number of hydrogen-bond acceptors (Lipinski definition) is 4. The van der Waals surface area contributed by atoms with Gasteiger partial charge in [-0.1, -0.05) is 6.92 Å². The summed E-state index contributed by atoms with van der Waals surface area (Å²) in [6.45, 7) is 3.28. The Labute approximate surface area is 104 Å². The van der Waals surface area contributed by atoms with Gasteiger partial charge in [0.25, 0.3) is 5.69 Å². The van der Waals surface area contributed by atoms with Gasteiger partial charge in [-0.15, -0.1) is 0 Å². The molecule has 0 spiro atoms. The van der Waals surface area contributed by atoms with Crippen molar-refractivity contribution in [2.75, 3.05) is 0 Å². The third-order valence-electron chi connectivity index (χ3n) is 3.05. The van der Waals surface area contributed by atoms with Gasteiger partial charge < -0.3 is 0 Å². The molecular formula is C13H12N2O3. The highest BCUT2D eigenvalue weighted by molar-refractivity contribution is 5.94. The molecule has 0 aliphatic heterocycles. The number of carbonyl (C=O) groups is 1. The largest absolute Gasteiger partial charge is 0.299 e. The lowest BCUT2D eigenvalue weighted by atomic mass is 9.94. The van der Waals surface area contributed by atoms with Crippen molar-refractivity contribution < 1.29 is 9.72 Å². The zero-order valence-corrected chi connectivity index (χ0v) is 10.1. The topological polar surface area (TPSA) is 73.1 Å². The van der Waals surface area contributed by atoms with Crippen LogP contribution in [0.4, 0.5) is 5.69 Å². The molecule has 0 N–H and O–H groups in total. The van der Waals surface area contributed by atoms with Crippen molar-refractivity contribution >= 4 is 22.4 Å². The molecule has 0 aliphatic rings. The molecule has 5 nitrogen and oxygen atoms in total. The van der Waals surface area contributed by atoms with Gasteiger partial charge in [0, 0.05) is 18.2 Å². The number of aromatic nitrogens is 1. The smallest absolute Gasteiger partial charge is 0.278 e. The Kier molecular flexibility index (Phi) is 3.06. The Hall–Kier alpha value is -2.30. The number of nitro benzene ring substituents is 1. The third kappa shape index (κ3) is 1.95. The number of nitro groups is 1. The first-order valence-electron chi connectivity index (χ1n) is 5.55. The zero-order chi connectivity index (χ0) is 13.3. The molecule has 0 bridgehead atoms. The van der Waals surface area contributed by atoms with Gasteiger partial charge in [-0.05, 0) is 30.7 Å². The molecule has 18 heavy (non-hydrogen) atoms. The van der Waals surface area contributed by atoms with E-state index < -0.39 is 4.92 Å². The fourth-order valence-electron chi connectivity index (χ4n) is 1.91. The number of benzene rings is 1. The maximum Gasteiger partial charge on any atom is 0.278 e. The van der Waals surface area contributed by atoms with E-state index in [0.717, 1.165) is 5.56 Å². The molecule has 1 unspecified atom stereocenters. The molecule has 1 heterocycles. The van der Waals surface area contributed by atoms with Gasteiger partial charge in [-0.25, -0.2) is 0 Å². The predicted octanol–water partition coefficient (Wildman–Crippen LogP) is 2.84. The average Bonchev–Trinajstić information content (AvgIpc) is 2.36. The van der Waals surface area contributed by atoms with Gasteiger partial charge >= 0.3 is 0 Å². The minimum Gasteiger partial charge on any atom is -0.299 e. The van der Waals surface area contributed by atoms with Crippen LogP contribution in [0.15, 0.2) is 30.5 Å².